The molecule has 0 saturated carbocycles. The summed E-state index contributed by atoms with van der Waals surface area (Å²) in [6.45, 7) is -0.375. The van der Waals surface area contributed by atoms with Crippen LogP contribution in [0, 0.1) is 0 Å². The molecule has 0 saturated heterocycles. The molecule has 1 amide bonds. The largest absolute Gasteiger partial charge is 0.454 e. The quantitative estimate of drug-likeness (QED) is 0.705. The lowest BCUT2D eigenvalue weighted by molar-refractivity contribution is -0.137. The van der Waals surface area contributed by atoms with E-state index in [-0.39, 0.29) is 12.5 Å². The molecular formula is C20H14F3N3O4. The minimum atomic E-state index is -4.62. The second kappa shape index (κ2) is 7.54. The van der Waals surface area contributed by atoms with Gasteiger partial charge in [0.1, 0.15) is 6.54 Å². The number of carbonyl (C=O) groups excluding carboxylic acids is 1. The highest BCUT2D eigenvalue weighted by molar-refractivity contribution is 5.91. The van der Waals surface area contributed by atoms with Crippen molar-refractivity contribution in [1.82, 2.24) is 9.55 Å². The lowest BCUT2D eigenvalue weighted by Crippen LogP contribution is -2.28. The van der Waals surface area contributed by atoms with Crippen molar-refractivity contribution in [3.8, 4) is 22.8 Å². The van der Waals surface area contributed by atoms with E-state index in [0.29, 0.717) is 22.8 Å². The number of benzene rings is 2. The molecule has 10 heteroatoms. The molecule has 2 heterocycles. The van der Waals surface area contributed by atoms with Gasteiger partial charge in [0.2, 0.25) is 12.7 Å². The number of hydrogen-bond acceptors (Lipinski definition) is 5. The predicted molar refractivity (Wildman–Crippen MR) is 100 cm³/mol. The summed E-state index contributed by atoms with van der Waals surface area (Å²) >= 11 is 0. The Bertz CT molecular complexity index is 1170. The second-order valence-corrected chi connectivity index (χ2v) is 6.40. The molecule has 0 unspecified atom stereocenters. The number of hydrogen-bond donors (Lipinski definition) is 1. The Hall–Kier alpha value is -3.82. The molecule has 154 valence electrons. The van der Waals surface area contributed by atoms with Crippen molar-refractivity contribution in [2.75, 3.05) is 12.1 Å². The zero-order chi connectivity index (χ0) is 21.3. The van der Waals surface area contributed by atoms with Gasteiger partial charge in [-0.15, -0.1) is 0 Å². The fraction of sp³-hybridized carbons (Fsp3) is 0.150. The Morgan fingerprint density at radius 3 is 2.63 bits per heavy atom. The molecule has 1 aliphatic heterocycles. The van der Waals surface area contributed by atoms with Crippen molar-refractivity contribution in [2.24, 2.45) is 0 Å². The molecule has 1 aromatic heterocycles. The van der Waals surface area contributed by atoms with Gasteiger partial charge in [0.25, 0.3) is 5.56 Å². The number of nitrogens with one attached hydrogen (secondary N) is 1. The van der Waals surface area contributed by atoms with E-state index in [1.165, 1.54) is 18.2 Å². The zero-order valence-corrected chi connectivity index (χ0v) is 15.3. The van der Waals surface area contributed by atoms with E-state index in [4.69, 9.17) is 9.47 Å². The number of aromatic nitrogens is 2. The molecule has 0 bridgehead atoms. The summed E-state index contributed by atoms with van der Waals surface area (Å²) in [4.78, 5) is 28.7. The standard InChI is InChI=1S/C20H14F3N3O4/c21-20(22,23)13-3-1-2-4-14(13)25-18(27)9-26-10-24-15(8-19(26)28)12-5-6-16-17(7-12)30-11-29-16/h1-8,10H,9,11H2,(H,25,27). The average molecular weight is 417 g/mol. The number of ether oxygens (including phenoxy) is 2. The molecule has 3 aromatic rings. The third-order valence-corrected chi connectivity index (χ3v) is 4.37. The average Bonchev–Trinajstić information content (AvgIpc) is 3.17. The first kappa shape index (κ1) is 19.5. The molecule has 0 spiro atoms. The third kappa shape index (κ3) is 3.97. The van der Waals surface area contributed by atoms with Gasteiger partial charge in [0.15, 0.2) is 11.5 Å². The number of halogens is 3. The van der Waals surface area contributed by atoms with Gasteiger partial charge in [-0.2, -0.15) is 13.2 Å². The van der Waals surface area contributed by atoms with E-state index < -0.39 is 29.8 Å². The van der Waals surface area contributed by atoms with Gasteiger partial charge in [0.05, 0.1) is 23.3 Å². The lowest BCUT2D eigenvalue weighted by Gasteiger charge is -2.14. The Labute approximate surface area is 167 Å². The predicted octanol–water partition coefficient (Wildman–Crippen LogP) is 3.30. The summed E-state index contributed by atoms with van der Waals surface area (Å²) in [6.07, 6.45) is -3.45. The van der Waals surface area contributed by atoms with Crippen LogP contribution in [0.3, 0.4) is 0 Å². The van der Waals surface area contributed by atoms with Crippen molar-refractivity contribution < 1.29 is 27.4 Å². The van der Waals surface area contributed by atoms with E-state index in [9.17, 15) is 22.8 Å². The van der Waals surface area contributed by atoms with Crippen LogP contribution in [0.25, 0.3) is 11.3 Å². The molecule has 2 aromatic carbocycles. The maximum absolute atomic E-state index is 13.0. The first-order valence-electron chi connectivity index (χ1n) is 8.74. The van der Waals surface area contributed by atoms with E-state index in [1.54, 1.807) is 18.2 Å². The Morgan fingerprint density at radius 2 is 1.87 bits per heavy atom. The van der Waals surface area contributed by atoms with Crippen LogP contribution in [0.5, 0.6) is 11.5 Å². The summed E-state index contributed by atoms with van der Waals surface area (Å²) in [5, 5.41) is 2.19. The summed E-state index contributed by atoms with van der Waals surface area (Å²) in [5.41, 5.74) is -0.906. The fourth-order valence-corrected chi connectivity index (χ4v) is 2.94. The van der Waals surface area contributed by atoms with E-state index >= 15 is 0 Å². The van der Waals surface area contributed by atoms with Gasteiger partial charge in [0, 0.05) is 11.6 Å². The van der Waals surface area contributed by atoms with Crippen LogP contribution >= 0.6 is 0 Å². The molecule has 4 rings (SSSR count). The number of fused-ring (bicyclic) bond motifs is 1. The van der Waals surface area contributed by atoms with E-state index in [1.807, 2.05) is 0 Å². The van der Waals surface area contributed by atoms with Crippen molar-refractivity contribution in [3.63, 3.8) is 0 Å². The van der Waals surface area contributed by atoms with Crippen molar-refractivity contribution in [1.29, 1.82) is 0 Å². The molecule has 7 nitrogen and oxygen atoms in total. The maximum atomic E-state index is 13.0. The van der Waals surface area contributed by atoms with Crippen molar-refractivity contribution >= 4 is 11.6 Å². The molecule has 30 heavy (non-hydrogen) atoms. The fourth-order valence-electron chi connectivity index (χ4n) is 2.94. The number of anilines is 1. The Morgan fingerprint density at radius 1 is 1.10 bits per heavy atom. The smallest absolute Gasteiger partial charge is 0.418 e. The molecule has 1 N–H and O–H groups in total. The number of amides is 1. The van der Waals surface area contributed by atoms with Crippen molar-refractivity contribution in [3.05, 3.63) is 70.8 Å². The highest BCUT2D eigenvalue weighted by Crippen LogP contribution is 2.35. The molecule has 0 fully saturated rings. The number of para-hydroxylation sites is 1. The summed E-state index contributed by atoms with van der Waals surface area (Å²) in [5.74, 6) is 0.329. The second-order valence-electron chi connectivity index (χ2n) is 6.40. The molecular weight excluding hydrogens is 403 g/mol. The van der Waals surface area contributed by atoms with E-state index in [0.717, 1.165) is 23.0 Å². The van der Waals surface area contributed by atoms with Crippen LogP contribution in [0.1, 0.15) is 5.56 Å². The van der Waals surface area contributed by atoms with Gasteiger partial charge in [-0.1, -0.05) is 12.1 Å². The number of rotatable bonds is 4. The highest BCUT2D eigenvalue weighted by Gasteiger charge is 2.33. The normalized spacial score (nSPS) is 12.6. The van der Waals surface area contributed by atoms with Crippen LogP contribution in [0.15, 0.2) is 59.7 Å². The SMILES string of the molecule is O=C(Cn1cnc(-c2ccc3c(c2)OCO3)cc1=O)Nc1ccccc1C(F)(F)F. The van der Waals surface area contributed by atoms with Gasteiger partial charge in [-0.3, -0.25) is 14.2 Å². The molecule has 0 radical (unpaired) electrons. The summed E-state index contributed by atoms with van der Waals surface area (Å²) < 4.78 is 50.7. The number of nitrogens with zero attached hydrogens (tertiary/aromatic N) is 2. The Balaban J connectivity index is 1.51. The number of carbonyl (C=O) groups is 1. The third-order valence-electron chi connectivity index (χ3n) is 4.37. The lowest BCUT2D eigenvalue weighted by atomic mass is 10.1. The monoisotopic (exact) mass is 417 g/mol. The Kier molecular flexibility index (Phi) is 4.90. The first-order valence-corrected chi connectivity index (χ1v) is 8.74. The summed E-state index contributed by atoms with van der Waals surface area (Å²) in [7, 11) is 0. The minimum Gasteiger partial charge on any atom is -0.454 e. The van der Waals surface area contributed by atoms with Gasteiger partial charge >= 0.3 is 6.18 Å². The van der Waals surface area contributed by atoms with Gasteiger partial charge in [-0.25, -0.2) is 4.98 Å². The van der Waals surface area contributed by atoms with E-state index in [2.05, 4.69) is 10.3 Å². The minimum absolute atomic E-state index is 0.111. The number of alkyl halides is 3. The topological polar surface area (TPSA) is 82.5 Å². The highest BCUT2D eigenvalue weighted by atomic mass is 19.4. The van der Waals surface area contributed by atoms with Crippen LogP contribution in [-0.2, 0) is 17.5 Å². The van der Waals surface area contributed by atoms with Crippen molar-refractivity contribution in [2.45, 2.75) is 12.7 Å². The van der Waals surface area contributed by atoms with Crippen LogP contribution in [0.2, 0.25) is 0 Å². The first-order chi connectivity index (χ1) is 14.3. The van der Waals surface area contributed by atoms with Crippen LogP contribution in [0.4, 0.5) is 18.9 Å². The summed E-state index contributed by atoms with van der Waals surface area (Å²) in [6, 6.07) is 10.9. The molecule has 0 aliphatic carbocycles. The molecule has 0 atom stereocenters. The van der Waals surface area contributed by atoms with Gasteiger partial charge < -0.3 is 14.8 Å². The molecule has 1 aliphatic rings. The zero-order valence-electron chi connectivity index (χ0n) is 15.3. The van der Waals surface area contributed by atoms with Gasteiger partial charge in [-0.05, 0) is 30.3 Å². The maximum Gasteiger partial charge on any atom is 0.418 e. The van der Waals surface area contributed by atoms with Crippen LogP contribution < -0.4 is 20.3 Å². The van der Waals surface area contributed by atoms with Crippen LogP contribution in [-0.4, -0.2) is 22.3 Å².